The monoisotopic (exact) mass is 538 g/mol. The van der Waals surface area contributed by atoms with Crippen molar-refractivity contribution in [2.75, 3.05) is 6.54 Å². The van der Waals surface area contributed by atoms with Gasteiger partial charge in [0, 0.05) is 17.7 Å². The Balaban J connectivity index is 1.53. The molecule has 2 heterocycles. The van der Waals surface area contributed by atoms with E-state index in [0.717, 1.165) is 11.1 Å². The normalized spacial score (nSPS) is 16.1. The predicted octanol–water partition coefficient (Wildman–Crippen LogP) is -3.04. The van der Waals surface area contributed by atoms with Crippen LogP contribution in [0.15, 0.2) is 36.4 Å². The lowest BCUT2D eigenvalue weighted by atomic mass is 9.78. The van der Waals surface area contributed by atoms with Crippen LogP contribution in [0.2, 0.25) is 0 Å². The van der Waals surface area contributed by atoms with E-state index in [2.05, 4.69) is 16.0 Å². The Hall–Kier alpha value is -3.75. The molecule has 0 radical (unpaired) electrons. The number of hydrogen-bond acceptors (Lipinski definition) is 9. The predicted molar refractivity (Wildman–Crippen MR) is 139 cm³/mol. The number of benzene rings is 2. The summed E-state index contributed by atoms with van der Waals surface area (Å²) in [6.07, 6.45) is -0.439. The molecule has 4 rings (SSSR count). The fraction of sp³-hybridized carbons (Fsp3) is 0.333. The molecule has 2 aliphatic heterocycles. The second-order valence-corrected chi connectivity index (χ2v) is 9.41. The summed E-state index contributed by atoms with van der Waals surface area (Å²) in [5.41, 5.74) is 8.31. The molecule has 0 bridgehead atoms. The number of nitrogens with two attached hydrogens (primary N) is 1. The highest BCUT2D eigenvalue weighted by Gasteiger charge is 2.33. The maximum Gasteiger partial charge on any atom is 0.491 e. The number of carboxylic acids is 1. The van der Waals surface area contributed by atoms with Crippen molar-refractivity contribution in [3.8, 4) is 0 Å². The van der Waals surface area contributed by atoms with Crippen LogP contribution < -0.4 is 32.6 Å². The second kappa shape index (κ2) is 12.0. The van der Waals surface area contributed by atoms with Crippen molar-refractivity contribution in [1.29, 1.82) is 0 Å². The molecule has 0 saturated heterocycles. The van der Waals surface area contributed by atoms with Crippen molar-refractivity contribution in [2.45, 2.75) is 44.7 Å². The first-order valence-electron chi connectivity index (χ1n) is 12.3. The third kappa shape index (κ3) is 6.46. The molecule has 0 fully saturated rings. The first-order valence-corrected chi connectivity index (χ1v) is 12.3. The number of carboxylic acid groups (broad SMARTS) is 1. The Morgan fingerprint density at radius 3 is 1.90 bits per heavy atom. The number of carbonyl (C=O) groups is 4. The number of nitrogens with one attached hydrogen (secondary N) is 3. The zero-order chi connectivity index (χ0) is 28.3. The second-order valence-electron chi connectivity index (χ2n) is 9.41. The molecule has 0 saturated carbocycles. The SMILES string of the molecule is C[C@H](NC(=O)c1ccc2c(c1)B(O)OC2)[C@H](NC(=O)c1ccc2c(c1)B(O)OC2)C(=O)N[C@@H](CN)CC(=O)O. The van der Waals surface area contributed by atoms with Gasteiger partial charge in [-0.3, -0.25) is 19.2 Å². The molecule has 3 amide bonds. The summed E-state index contributed by atoms with van der Waals surface area (Å²) in [5, 5.41) is 36.8. The van der Waals surface area contributed by atoms with Crippen molar-refractivity contribution in [2.24, 2.45) is 5.73 Å². The fourth-order valence-electron chi connectivity index (χ4n) is 4.42. The summed E-state index contributed by atoms with van der Waals surface area (Å²) in [6, 6.07) is 6.06. The highest BCUT2D eigenvalue weighted by molar-refractivity contribution is 6.62. The molecule has 8 N–H and O–H groups in total. The molecule has 0 aromatic heterocycles. The summed E-state index contributed by atoms with van der Waals surface area (Å²) in [7, 11) is -2.33. The molecular formula is C24H28B2N4O9. The van der Waals surface area contributed by atoms with Crippen molar-refractivity contribution < 1.29 is 43.6 Å². The topological polar surface area (TPSA) is 210 Å². The molecule has 0 spiro atoms. The first-order chi connectivity index (χ1) is 18.6. The van der Waals surface area contributed by atoms with E-state index in [4.69, 9.17) is 20.1 Å². The zero-order valence-electron chi connectivity index (χ0n) is 21.0. The number of aliphatic carboxylic acids is 1. The summed E-state index contributed by atoms with van der Waals surface area (Å²) in [6.45, 7) is 1.75. The minimum atomic E-state index is -1.33. The van der Waals surface area contributed by atoms with Gasteiger partial charge in [0.1, 0.15) is 6.04 Å². The molecule has 2 aromatic carbocycles. The van der Waals surface area contributed by atoms with Crippen LogP contribution in [-0.4, -0.2) is 77.8 Å². The highest BCUT2D eigenvalue weighted by atomic mass is 16.5. The van der Waals surface area contributed by atoms with E-state index in [0.29, 0.717) is 10.9 Å². The highest BCUT2D eigenvalue weighted by Crippen LogP contribution is 2.13. The lowest BCUT2D eigenvalue weighted by Gasteiger charge is -2.27. The number of amides is 3. The smallest absolute Gasteiger partial charge is 0.481 e. The average Bonchev–Trinajstić information content (AvgIpc) is 3.47. The summed E-state index contributed by atoms with van der Waals surface area (Å²) in [5.74, 6) is -3.17. The quantitative estimate of drug-likeness (QED) is 0.152. The van der Waals surface area contributed by atoms with E-state index < -0.39 is 62.5 Å². The van der Waals surface area contributed by atoms with Crippen LogP contribution in [-0.2, 0) is 32.1 Å². The van der Waals surface area contributed by atoms with Crippen LogP contribution in [0.4, 0.5) is 0 Å². The third-order valence-corrected chi connectivity index (χ3v) is 6.62. The Morgan fingerprint density at radius 2 is 1.41 bits per heavy atom. The molecule has 2 aliphatic rings. The number of carbonyl (C=O) groups excluding carboxylic acids is 3. The van der Waals surface area contributed by atoms with Gasteiger partial charge in [0.25, 0.3) is 11.8 Å². The number of fused-ring (bicyclic) bond motifs is 2. The van der Waals surface area contributed by atoms with Gasteiger partial charge in [-0.15, -0.1) is 0 Å². The molecular weight excluding hydrogens is 510 g/mol. The molecule has 2 aromatic rings. The molecule has 15 heteroatoms. The van der Waals surface area contributed by atoms with Crippen LogP contribution in [0.1, 0.15) is 45.2 Å². The molecule has 13 nitrogen and oxygen atoms in total. The molecule has 0 aliphatic carbocycles. The maximum absolute atomic E-state index is 13.2. The van der Waals surface area contributed by atoms with Crippen molar-refractivity contribution in [1.82, 2.24) is 16.0 Å². The molecule has 204 valence electrons. The minimum absolute atomic E-state index is 0.142. The average molecular weight is 538 g/mol. The van der Waals surface area contributed by atoms with Gasteiger partial charge in [-0.2, -0.15) is 0 Å². The van der Waals surface area contributed by atoms with Gasteiger partial charge < -0.3 is 46.1 Å². The van der Waals surface area contributed by atoms with Crippen molar-refractivity contribution >= 4 is 48.9 Å². The molecule has 0 unspecified atom stereocenters. The van der Waals surface area contributed by atoms with Gasteiger partial charge in [0.05, 0.1) is 31.7 Å². The standard InChI is InChI=1S/C24H28B2N4O9/c1-12(28-22(33)13-2-4-15-10-38-25(36)18(15)6-13)21(24(35)29-17(9-27)8-20(31)32)30-23(34)14-3-5-16-11-39-26(37)19(16)7-14/h2-7,12,17,21,36-37H,8-11,27H2,1H3,(H,28,33)(H,29,35)(H,30,34)(H,31,32)/t12-,17+,21-/m0/s1. The van der Waals surface area contributed by atoms with E-state index in [1.54, 1.807) is 18.2 Å². The van der Waals surface area contributed by atoms with Crippen LogP contribution in [0, 0.1) is 0 Å². The van der Waals surface area contributed by atoms with Crippen LogP contribution in [0.3, 0.4) is 0 Å². The van der Waals surface area contributed by atoms with Crippen LogP contribution in [0.5, 0.6) is 0 Å². The van der Waals surface area contributed by atoms with Gasteiger partial charge in [0.15, 0.2) is 0 Å². The zero-order valence-corrected chi connectivity index (χ0v) is 21.0. The summed E-state index contributed by atoms with van der Waals surface area (Å²) in [4.78, 5) is 50.5. The van der Waals surface area contributed by atoms with Crippen LogP contribution >= 0.6 is 0 Å². The van der Waals surface area contributed by atoms with Crippen molar-refractivity contribution in [3.63, 3.8) is 0 Å². The Kier molecular flexibility index (Phi) is 8.67. The maximum atomic E-state index is 13.2. The Morgan fingerprint density at radius 1 is 0.897 bits per heavy atom. The Bertz CT molecular complexity index is 1290. The fourth-order valence-corrected chi connectivity index (χ4v) is 4.42. The molecule has 3 atom stereocenters. The van der Waals surface area contributed by atoms with E-state index in [1.165, 1.54) is 25.1 Å². The van der Waals surface area contributed by atoms with Crippen LogP contribution in [0.25, 0.3) is 0 Å². The number of hydrogen-bond donors (Lipinski definition) is 7. The van der Waals surface area contributed by atoms with Gasteiger partial charge in [0.2, 0.25) is 5.91 Å². The van der Waals surface area contributed by atoms with E-state index in [9.17, 15) is 29.2 Å². The molecule has 39 heavy (non-hydrogen) atoms. The van der Waals surface area contributed by atoms with E-state index in [1.807, 2.05) is 0 Å². The van der Waals surface area contributed by atoms with E-state index >= 15 is 0 Å². The first kappa shape index (κ1) is 28.3. The Labute approximate surface area is 224 Å². The lowest BCUT2D eigenvalue weighted by Crippen LogP contribution is -2.59. The largest absolute Gasteiger partial charge is 0.491 e. The lowest BCUT2D eigenvalue weighted by molar-refractivity contribution is -0.137. The summed E-state index contributed by atoms with van der Waals surface area (Å²) < 4.78 is 10.3. The minimum Gasteiger partial charge on any atom is -0.481 e. The van der Waals surface area contributed by atoms with Gasteiger partial charge in [-0.25, -0.2) is 0 Å². The summed E-state index contributed by atoms with van der Waals surface area (Å²) >= 11 is 0. The number of rotatable bonds is 10. The van der Waals surface area contributed by atoms with Gasteiger partial charge >= 0.3 is 20.2 Å². The van der Waals surface area contributed by atoms with Gasteiger partial charge in [-0.05, 0) is 53.2 Å². The van der Waals surface area contributed by atoms with E-state index in [-0.39, 0.29) is 30.9 Å². The van der Waals surface area contributed by atoms with Gasteiger partial charge in [-0.1, -0.05) is 12.1 Å². The third-order valence-electron chi connectivity index (χ3n) is 6.62. The van der Waals surface area contributed by atoms with Crippen molar-refractivity contribution in [3.05, 3.63) is 58.7 Å².